The summed E-state index contributed by atoms with van der Waals surface area (Å²) in [5, 5.41) is 4.36. The summed E-state index contributed by atoms with van der Waals surface area (Å²) in [5.74, 6) is 6.39. The van der Waals surface area contributed by atoms with E-state index in [0.29, 0.717) is 12.0 Å². The quantitative estimate of drug-likeness (QED) is 0.640. The number of halogens is 1. The van der Waals surface area contributed by atoms with Crippen LogP contribution < -0.4 is 11.3 Å². The minimum Gasteiger partial charge on any atom is -0.271 e. The molecule has 2 aromatic heterocycles. The first kappa shape index (κ1) is 13.8. The lowest BCUT2D eigenvalue weighted by molar-refractivity contribution is 0.399. The molecular weight excluding hydrogens is 340 g/mol. The van der Waals surface area contributed by atoms with E-state index in [-0.39, 0.29) is 0 Å². The number of hydrogen-bond donors (Lipinski definition) is 2. The Morgan fingerprint density at radius 1 is 1.47 bits per heavy atom. The van der Waals surface area contributed by atoms with Crippen LogP contribution >= 0.6 is 38.6 Å². The zero-order chi connectivity index (χ0) is 13.2. The van der Waals surface area contributed by atoms with Crippen molar-refractivity contribution >= 4 is 38.6 Å². The maximum atomic E-state index is 5.83. The van der Waals surface area contributed by atoms with E-state index in [9.17, 15) is 0 Å². The zero-order valence-electron chi connectivity index (χ0n) is 10.6. The summed E-state index contributed by atoms with van der Waals surface area (Å²) in [6.07, 6.45) is 4.77. The van der Waals surface area contributed by atoms with Crippen LogP contribution in [0.3, 0.4) is 0 Å². The number of hydrazine groups is 1. The van der Waals surface area contributed by atoms with Crippen molar-refractivity contribution in [3.05, 3.63) is 42.7 Å². The van der Waals surface area contributed by atoms with Crippen LogP contribution in [0.2, 0.25) is 0 Å². The number of fused-ring (bicyclic) bond motifs is 1. The van der Waals surface area contributed by atoms with Gasteiger partial charge in [-0.1, -0.05) is 0 Å². The second-order valence-electron chi connectivity index (χ2n) is 5.01. The maximum Gasteiger partial charge on any atom is 0.0327 e. The van der Waals surface area contributed by atoms with E-state index in [1.807, 2.05) is 11.3 Å². The molecule has 0 fully saturated rings. The van der Waals surface area contributed by atoms with E-state index in [1.54, 1.807) is 16.2 Å². The van der Waals surface area contributed by atoms with Crippen molar-refractivity contribution in [2.24, 2.45) is 5.84 Å². The number of nitrogens with one attached hydrogen (secondary N) is 1. The fourth-order valence-corrected chi connectivity index (χ4v) is 5.44. The van der Waals surface area contributed by atoms with E-state index in [0.717, 1.165) is 6.42 Å². The molecule has 2 heterocycles. The molecule has 1 aliphatic carbocycles. The molecule has 19 heavy (non-hydrogen) atoms. The van der Waals surface area contributed by atoms with Gasteiger partial charge in [0.2, 0.25) is 0 Å². The van der Waals surface area contributed by atoms with Crippen LogP contribution in [0.4, 0.5) is 0 Å². The van der Waals surface area contributed by atoms with Crippen molar-refractivity contribution < 1.29 is 0 Å². The molecule has 0 aromatic carbocycles. The molecule has 0 aliphatic heterocycles. The van der Waals surface area contributed by atoms with E-state index in [4.69, 9.17) is 5.84 Å². The number of hydrogen-bond acceptors (Lipinski definition) is 4. The van der Waals surface area contributed by atoms with Crippen molar-refractivity contribution in [2.75, 3.05) is 0 Å². The van der Waals surface area contributed by atoms with Gasteiger partial charge >= 0.3 is 0 Å². The largest absolute Gasteiger partial charge is 0.271 e. The maximum absolute atomic E-state index is 5.83. The highest BCUT2D eigenvalue weighted by atomic mass is 79.9. The van der Waals surface area contributed by atoms with Gasteiger partial charge in [-0.25, -0.2) is 0 Å². The third-order valence-corrected chi connectivity index (χ3v) is 6.56. The topological polar surface area (TPSA) is 38.0 Å². The SMILES string of the molecule is NNC(Cc1cc(Br)cs1)C1CCCc2sccc21. The zero-order valence-corrected chi connectivity index (χ0v) is 13.8. The molecule has 102 valence electrons. The van der Waals surface area contributed by atoms with Crippen LogP contribution in [0.15, 0.2) is 27.4 Å². The molecule has 0 saturated carbocycles. The lowest BCUT2D eigenvalue weighted by atomic mass is 9.81. The summed E-state index contributed by atoms with van der Waals surface area (Å²) in [6.45, 7) is 0. The first-order valence-corrected chi connectivity index (χ1v) is 9.08. The molecule has 0 saturated heterocycles. The molecule has 2 atom stereocenters. The molecule has 5 heteroatoms. The highest BCUT2D eigenvalue weighted by Gasteiger charge is 2.28. The van der Waals surface area contributed by atoms with Gasteiger partial charge < -0.3 is 0 Å². The Hall–Kier alpha value is -0.200. The van der Waals surface area contributed by atoms with E-state index in [1.165, 1.54) is 34.2 Å². The second kappa shape index (κ2) is 6.06. The van der Waals surface area contributed by atoms with Gasteiger partial charge in [0, 0.05) is 31.6 Å². The molecule has 3 N–H and O–H groups in total. The van der Waals surface area contributed by atoms with Gasteiger partial charge in [0.1, 0.15) is 0 Å². The third-order valence-electron chi connectivity index (χ3n) is 3.84. The van der Waals surface area contributed by atoms with Crippen LogP contribution in [-0.4, -0.2) is 6.04 Å². The molecular formula is C14H17BrN2S2. The fraction of sp³-hybridized carbons (Fsp3) is 0.429. The predicted octanol–water partition coefficient (Wildman–Crippen LogP) is 4.07. The van der Waals surface area contributed by atoms with Crippen molar-refractivity contribution in [1.82, 2.24) is 5.43 Å². The van der Waals surface area contributed by atoms with Gasteiger partial charge in [-0.05, 0) is 64.7 Å². The van der Waals surface area contributed by atoms with Gasteiger partial charge in [0.15, 0.2) is 0 Å². The summed E-state index contributed by atoms with van der Waals surface area (Å²) in [4.78, 5) is 2.95. The number of nitrogens with two attached hydrogens (primary N) is 1. The van der Waals surface area contributed by atoms with Crippen LogP contribution in [0.1, 0.15) is 34.1 Å². The predicted molar refractivity (Wildman–Crippen MR) is 86.8 cm³/mol. The van der Waals surface area contributed by atoms with E-state index >= 15 is 0 Å². The lowest BCUT2D eigenvalue weighted by Gasteiger charge is -2.30. The van der Waals surface area contributed by atoms with Crippen molar-refractivity contribution in [2.45, 2.75) is 37.6 Å². The third kappa shape index (κ3) is 2.95. The van der Waals surface area contributed by atoms with Crippen molar-refractivity contribution in [1.29, 1.82) is 0 Å². The van der Waals surface area contributed by atoms with E-state index < -0.39 is 0 Å². The highest BCUT2D eigenvalue weighted by Crippen LogP contribution is 2.38. The first-order valence-electron chi connectivity index (χ1n) is 6.53. The average molecular weight is 357 g/mol. The van der Waals surface area contributed by atoms with Gasteiger partial charge in [-0.15, -0.1) is 22.7 Å². The van der Waals surface area contributed by atoms with Crippen LogP contribution in [0.25, 0.3) is 0 Å². The molecule has 0 bridgehead atoms. The molecule has 3 rings (SSSR count). The molecule has 2 aromatic rings. The molecule has 1 aliphatic rings. The highest BCUT2D eigenvalue weighted by molar-refractivity contribution is 9.10. The lowest BCUT2D eigenvalue weighted by Crippen LogP contribution is -2.42. The summed E-state index contributed by atoms with van der Waals surface area (Å²) in [7, 11) is 0. The van der Waals surface area contributed by atoms with Gasteiger partial charge in [0.05, 0.1) is 0 Å². The first-order chi connectivity index (χ1) is 9.28. The smallest absolute Gasteiger partial charge is 0.0327 e. The number of aryl methyl sites for hydroxylation is 1. The Morgan fingerprint density at radius 2 is 2.37 bits per heavy atom. The molecule has 0 spiro atoms. The minimum atomic E-state index is 0.333. The Kier molecular flexibility index (Phi) is 4.39. The Labute approximate surface area is 130 Å². The molecule has 2 nitrogen and oxygen atoms in total. The standard InChI is InChI=1S/C14H17BrN2S2/c15-9-6-10(19-8-9)7-13(17-16)11-2-1-3-14-12(11)4-5-18-14/h4-6,8,11,13,17H,1-3,7,16H2. The van der Waals surface area contributed by atoms with Crippen molar-refractivity contribution in [3.8, 4) is 0 Å². The summed E-state index contributed by atoms with van der Waals surface area (Å²) < 4.78 is 1.17. The average Bonchev–Trinajstić information content (AvgIpc) is 3.04. The summed E-state index contributed by atoms with van der Waals surface area (Å²) in [6, 6.07) is 4.82. The summed E-state index contributed by atoms with van der Waals surface area (Å²) >= 11 is 7.21. The monoisotopic (exact) mass is 356 g/mol. The molecule has 0 amide bonds. The van der Waals surface area contributed by atoms with Crippen molar-refractivity contribution in [3.63, 3.8) is 0 Å². The normalized spacial score (nSPS) is 20.2. The second-order valence-corrected chi connectivity index (χ2v) is 7.92. The molecule has 2 unspecified atom stereocenters. The fourth-order valence-electron chi connectivity index (χ4n) is 2.93. The van der Waals surface area contributed by atoms with Crippen LogP contribution in [0, 0.1) is 0 Å². The van der Waals surface area contributed by atoms with Gasteiger partial charge in [-0.2, -0.15) is 0 Å². The van der Waals surface area contributed by atoms with Crippen LogP contribution in [0.5, 0.6) is 0 Å². The number of thiophene rings is 2. The Morgan fingerprint density at radius 3 is 3.11 bits per heavy atom. The van der Waals surface area contributed by atoms with E-state index in [2.05, 4.69) is 44.2 Å². The minimum absolute atomic E-state index is 0.333. The Bertz CT molecular complexity index is 549. The van der Waals surface area contributed by atoms with Gasteiger partial charge in [0.25, 0.3) is 0 Å². The van der Waals surface area contributed by atoms with Gasteiger partial charge in [-0.3, -0.25) is 11.3 Å². The summed E-state index contributed by atoms with van der Waals surface area (Å²) in [5.41, 5.74) is 4.58. The van der Waals surface area contributed by atoms with Crippen LogP contribution in [-0.2, 0) is 12.8 Å². The molecule has 0 radical (unpaired) electrons. The Balaban J connectivity index is 1.80. The number of rotatable bonds is 4.